The predicted molar refractivity (Wildman–Crippen MR) is 111 cm³/mol. The summed E-state index contributed by atoms with van der Waals surface area (Å²) in [4.78, 5) is 0. The lowest BCUT2D eigenvalue weighted by Crippen LogP contribution is -2.09. The van der Waals surface area contributed by atoms with Crippen molar-refractivity contribution in [1.29, 1.82) is 0 Å². The highest BCUT2D eigenvalue weighted by Crippen LogP contribution is 2.42. The molecule has 4 heteroatoms. The summed E-state index contributed by atoms with van der Waals surface area (Å²) in [6.07, 6.45) is 0. The smallest absolute Gasteiger partial charge is 0.212 e. The van der Waals surface area contributed by atoms with Gasteiger partial charge in [0.15, 0.2) is 11.5 Å². The van der Waals surface area contributed by atoms with E-state index in [9.17, 15) is 0 Å². The average Bonchev–Trinajstić information content (AvgIpc) is 2.75. The van der Waals surface area contributed by atoms with Gasteiger partial charge in [0.1, 0.15) is 17.2 Å². The minimum Gasteiger partial charge on any atom is -0.453 e. The minimum absolute atomic E-state index is 0.492. The van der Waals surface area contributed by atoms with Crippen molar-refractivity contribution >= 4 is 15.4 Å². The van der Waals surface area contributed by atoms with E-state index in [4.69, 9.17) is 14.2 Å². The second-order valence-electron chi connectivity index (χ2n) is 6.01. The number of hydrogen-bond acceptors (Lipinski definition) is 3. The highest BCUT2D eigenvalue weighted by Gasteiger charge is 2.18. The van der Waals surface area contributed by atoms with Crippen LogP contribution in [0.5, 0.6) is 34.5 Å². The van der Waals surface area contributed by atoms with Crippen LogP contribution in [-0.4, -0.2) is 10.2 Å². The molecule has 0 amide bonds. The molecule has 0 saturated heterocycles. The van der Waals surface area contributed by atoms with E-state index in [0.29, 0.717) is 34.5 Å². The van der Waals surface area contributed by atoms with Crippen molar-refractivity contribution in [3.63, 3.8) is 0 Å². The standard InChI is InChI=1S/C24H17O3Si/c28-22-17-16-21(25-18-10-4-1-5-11-18)23(26-19-12-6-2-7-13-19)24(22)27-20-14-8-3-9-15-20/h1-17H. The van der Waals surface area contributed by atoms with Gasteiger partial charge >= 0.3 is 0 Å². The molecule has 0 aliphatic carbocycles. The predicted octanol–water partition coefficient (Wildman–Crippen LogP) is 5.86. The van der Waals surface area contributed by atoms with Crippen molar-refractivity contribution < 1.29 is 14.2 Å². The normalized spacial score (nSPS) is 10.3. The molecule has 0 N–H and O–H groups in total. The maximum atomic E-state index is 6.18. The SMILES string of the molecule is [Si]c1ccc(Oc2ccccc2)c(Oc2ccccc2)c1Oc1ccccc1. The highest BCUT2D eigenvalue weighted by atomic mass is 28.1. The summed E-state index contributed by atoms with van der Waals surface area (Å²) in [5.74, 6) is 3.70. The number of rotatable bonds is 6. The third kappa shape index (κ3) is 4.24. The van der Waals surface area contributed by atoms with Gasteiger partial charge in [-0.05, 0) is 47.7 Å². The Bertz CT molecular complexity index is 1040. The Morgan fingerprint density at radius 3 is 1.36 bits per heavy atom. The van der Waals surface area contributed by atoms with E-state index < -0.39 is 0 Å². The van der Waals surface area contributed by atoms with Crippen LogP contribution in [0, 0.1) is 0 Å². The molecule has 0 aromatic heterocycles. The Hall–Kier alpha value is -3.50. The molecular formula is C24H17O3Si. The van der Waals surface area contributed by atoms with Crippen LogP contribution in [-0.2, 0) is 0 Å². The lowest BCUT2D eigenvalue weighted by molar-refractivity contribution is 0.388. The van der Waals surface area contributed by atoms with Gasteiger partial charge in [0.05, 0.1) is 10.2 Å². The fourth-order valence-corrected chi connectivity index (χ4v) is 2.90. The molecule has 0 fully saturated rings. The molecule has 0 bridgehead atoms. The van der Waals surface area contributed by atoms with Crippen LogP contribution in [0.1, 0.15) is 0 Å². The van der Waals surface area contributed by atoms with Crippen molar-refractivity contribution in [3.8, 4) is 34.5 Å². The van der Waals surface area contributed by atoms with Gasteiger partial charge in [-0.2, -0.15) is 0 Å². The molecule has 3 nitrogen and oxygen atoms in total. The number of benzene rings is 4. The molecule has 135 valence electrons. The largest absolute Gasteiger partial charge is 0.453 e. The van der Waals surface area contributed by atoms with E-state index in [1.165, 1.54) is 0 Å². The van der Waals surface area contributed by atoms with Crippen LogP contribution in [0.3, 0.4) is 0 Å². The van der Waals surface area contributed by atoms with Gasteiger partial charge in [-0.3, -0.25) is 0 Å². The van der Waals surface area contributed by atoms with E-state index >= 15 is 0 Å². The third-order valence-electron chi connectivity index (χ3n) is 3.97. The zero-order valence-electron chi connectivity index (χ0n) is 15.0. The molecular weight excluding hydrogens is 364 g/mol. The molecule has 0 saturated carbocycles. The summed E-state index contributed by atoms with van der Waals surface area (Å²) in [6, 6.07) is 32.4. The Labute approximate surface area is 167 Å². The lowest BCUT2D eigenvalue weighted by Gasteiger charge is -2.18. The summed E-state index contributed by atoms with van der Waals surface area (Å²) in [7, 11) is 3.64. The molecule has 4 aromatic carbocycles. The van der Waals surface area contributed by atoms with Crippen LogP contribution in [0.25, 0.3) is 0 Å². The molecule has 0 unspecified atom stereocenters. The van der Waals surface area contributed by atoms with Crippen molar-refractivity contribution in [3.05, 3.63) is 103 Å². The van der Waals surface area contributed by atoms with Crippen molar-refractivity contribution in [2.24, 2.45) is 0 Å². The van der Waals surface area contributed by atoms with Gasteiger partial charge in [0.2, 0.25) is 5.75 Å². The van der Waals surface area contributed by atoms with Crippen LogP contribution < -0.4 is 19.4 Å². The summed E-state index contributed by atoms with van der Waals surface area (Å²) in [5, 5.41) is 0.759. The van der Waals surface area contributed by atoms with Gasteiger partial charge < -0.3 is 14.2 Å². The molecule has 4 rings (SSSR count). The molecule has 28 heavy (non-hydrogen) atoms. The Kier molecular flexibility index (Phi) is 5.40. The van der Waals surface area contributed by atoms with Crippen LogP contribution in [0.4, 0.5) is 0 Å². The van der Waals surface area contributed by atoms with Crippen LogP contribution in [0.2, 0.25) is 0 Å². The van der Waals surface area contributed by atoms with E-state index in [1.54, 1.807) is 0 Å². The molecule has 3 radical (unpaired) electrons. The third-order valence-corrected chi connectivity index (χ3v) is 4.37. The topological polar surface area (TPSA) is 27.7 Å². The van der Waals surface area contributed by atoms with Gasteiger partial charge in [-0.25, -0.2) is 0 Å². The maximum Gasteiger partial charge on any atom is 0.212 e. The second kappa shape index (κ2) is 8.46. The van der Waals surface area contributed by atoms with Gasteiger partial charge in [-0.1, -0.05) is 60.7 Å². The monoisotopic (exact) mass is 381 g/mol. The quantitative estimate of drug-likeness (QED) is 0.392. The van der Waals surface area contributed by atoms with Crippen LogP contribution in [0.15, 0.2) is 103 Å². The summed E-state index contributed by atoms with van der Waals surface area (Å²) >= 11 is 0. The minimum atomic E-state index is 0.492. The average molecular weight is 381 g/mol. The van der Waals surface area contributed by atoms with Gasteiger partial charge in [0.25, 0.3) is 0 Å². The van der Waals surface area contributed by atoms with Gasteiger partial charge in [0, 0.05) is 0 Å². The number of para-hydroxylation sites is 3. The Morgan fingerprint density at radius 1 is 0.429 bits per heavy atom. The summed E-state index contributed by atoms with van der Waals surface area (Å²) in [6.45, 7) is 0. The van der Waals surface area contributed by atoms with Crippen molar-refractivity contribution in [2.45, 2.75) is 0 Å². The van der Waals surface area contributed by atoms with Crippen LogP contribution >= 0.6 is 0 Å². The first kappa shape index (κ1) is 17.9. The zero-order chi connectivity index (χ0) is 19.2. The van der Waals surface area contributed by atoms with E-state index in [-0.39, 0.29) is 0 Å². The molecule has 0 atom stereocenters. The molecule has 0 heterocycles. The van der Waals surface area contributed by atoms with Crippen molar-refractivity contribution in [1.82, 2.24) is 0 Å². The second-order valence-corrected chi connectivity index (χ2v) is 6.55. The number of ether oxygens (including phenoxy) is 3. The zero-order valence-corrected chi connectivity index (χ0v) is 16.0. The highest BCUT2D eigenvalue weighted by molar-refractivity contribution is 6.34. The van der Waals surface area contributed by atoms with E-state index in [1.807, 2.05) is 103 Å². The molecule has 0 aliphatic heterocycles. The Morgan fingerprint density at radius 2 is 0.857 bits per heavy atom. The summed E-state index contributed by atoms with van der Waals surface area (Å²) in [5.41, 5.74) is 0. The first-order valence-electron chi connectivity index (χ1n) is 8.87. The first-order valence-corrected chi connectivity index (χ1v) is 9.37. The molecule has 0 aliphatic rings. The van der Waals surface area contributed by atoms with Crippen molar-refractivity contribution in [2.75, 3.05) is 0 Å². The Balaban J connectivity index is 1.77. The first-order chi connectivity index (χ1) is 13.8. The lowest BCUT2D eigenvalue weighted by atomic mass is 10.2. The molecule has 0 spiro atoms. The fourth-order valence-electron chi connectivity index (χ4n) is 2.65. The molecule has 4 aromatic rings. The number of hydrogen-bond donors (Lipinski definition) is 0. The van der Waals surface area contributed by atoms with E-state index in [2.05, 4.69) is 10.2 Å². The van der Waals surface area contributed by atoms with Gasteiger partial charge in [-0.15, -0.1) is 0 Å². The maximum absolute atomic E-state index is 6.18. The summed E-state index contributed by atoms with van der Waals surface area (Å²) < 4.78 is 18.4. The van der Waals surface area contributed by atoms with E-state index in [0.717, 1.165) is 5.19 Å². The fraction of sp³-hybridized carbons (Fsp3) is 0.